The van der Waals surface area contributed by atoms with E-state index < -0.39 is 0 Å². The first-order valence-electron chi connectivity index (χ1n) is 8.99. The second-order valence-electron chi connectivity index (χ2n) is 9.64. The summed E-state index contributed by atoms with van der Waals surface area (Å²) in [7, 11) is 0. The number of Topliss-reactive ketones (excluding diaryl/α,β-unsaturated/α-hetero) is 1. The van der Waals surface area contributed by atoms with E-state index >= 15 is 0 Å². The molecule has 0 heterocycles. The first-order valence-corrected chi connectivity index (χ1v) is 8.99. The Bertz CT molecular complexity index is 516. The quantitative estimate of drug-likeness (QED) is 0.562. The fourth-order valence-corrected chi connectivity index (χ4v) is 7.51. The number of carbonyl (C=O) groups is 1. The summed E-state index contributed by atoms with van der Waals surface area (Å²) in [5.41, 5.74) is 2.37. The number of rotatable bonds is 0. The molecule has 0 amide bonds. The van der Waals surface area contributed by atoms with Gasteiger partial charge in [0, 0.05) is 12.3 Å². The van der Waals surface area contributed by atoms with Gasteiger partial charge in [-0.1, -0.05) is 39.3 Å². The lowest BCUT2D eigenvalue weighted by Gasteiger charge is -2.63. The Morgan fingerprint density at radius 1 is 1.14 bits per heavy atom. The van der Waals surface area contributed by atoms with Gasteiger partial charge in [-0.15, -0.1) is 0 Å². The van der Waals surface area contributed by atoms with Crippen LogP contribution in [0.1, 0.15) is 72.1 Å². The standard InChI is InChI=1S/C20H30O/c1-13-11-20-9-6-16-18(2,3)7-5-8-19(16,4)17(20)15(21)10-14(13)12-20/h14,16-17H,1,5-12H2,2-4H3. The van der Waals surface area contributed by atoms with Crippen molar-refractivity contribution >= 4 is 5.78 Å². The number of hydrogen-bond acceptors (Lipinski definition) is 1. The van der Waals surface area contributed by atoms with Gasteiger partial charge in [0.15, 0.2) is 0 Å². The maximum atomic E-state index is 13.1. The zero-order chi connectivity index (χ0) is 15.0. The van der Waals surface area contributed by atoms with Crippen LogP contribution in [-0.4, -0.2) is 5.78 Å². The highest BCUT2D eigenvalue weighted by molar-refractivity contribution is 5.85. The molecule has 4 fully saturated rings. The van der Waals surface area contributed by atoms with Gasteiger partial charge < -0.3 is 0 Å². The normalized spacial score (nSPS) is 51.5. The van der Waals surface area contributed by atoms with E-state index in [2.05, 4.69) is 27.4 Å². The van der Waals surface area contributed by atoms with E-state index in [9.17, 15) is 4.79 Å². The maximum Gasteiger partial charge on any atom is 0.137 e. The van der Waals surface area contributed by atoms with Gasteiger partial charge in [-0.2, -0.15) is 0 Å². The van der Waals surface area contributed by atoms with Gasteiger partial charge in [0.2, 0.25) is 0 Å². The number of carbonyl (C=O) groups excluding carboxylic acids is 1. The van der Waals surface area contributed by atoms with Crippen molar-refractivity contribution < 1.29 is 4.79 Å². The third-order valence-corrected chi connectivity index (χ3v) is 8.06. The molecule has 5 unspecified atom stereocenters. The Morgan fingerprint density at radius 2 is 1.90 bits per heavy atom. The Morgan fingerprint density at radius 3 is 2.67 bits per heavy atom. The van der Waals surface area contributed by atoms with E-state index in [1.807, 2.05) is 0 Å². The number of allylic oxidation sites excluding steroid dienone is 1. The zero-order valence-electron chi connectivity index (χ0n) is 14.0. The van der Waals surface area contributed by atoms with Crippen LogP contribution in [0.15, 0.2) is 12.2 Å². The number of fused-ring (bicyclic) bond motifs is 3. The van der Waals surface area contributed by atoms with Gasteiger partial charge in [0.05, 0.1) is 0 Å². The summed E-state index contributed by atoms with van der Waals surface area (Å²) in [5, 5.41) is 0. The van der Waals surface area contributed by atoms with Crippen molar-refractivity contribution in [3.05, 3.63) is 12.2 Å². The van der Waals surface area contributed by atoms with Crippen molar-refractivity contribution in [3.8, 4) is 0 Å². The molecule has 1 nitrogen and oxygen atoms in total. The number of hydrogen-bond donors (Lipinski definition) is 0. The maximum absolute atomic E-state index is 13.1. The average Bonchev–Trinajstić information content (AvgIpc) is 2.58. The molecule has 4 aliphatic carbocycles. The predicted molar refractivity (Wildman–Crippen MR) is 85.9 cm³/mol. The van der Waals surface area contributed by atoms with Gasteiger partial charge in [-0.05, 0) is 66.6 Å². The van der Waals surface area contributed by atoms with Gasteiger partial charge >= 0.3 is 0 Å². The van der Waals surface area contributed by atoms with Crippen molar-refractivity contribution in [2.75, 3.05) is 0 Å². The lowest BCUT2D eigenvalue weighted by molar-refractivity contribution is -0.166. The Kier molecular flexibility index (Phi) is 2.69. The lowest BCUT2D eigenvalue weighted by atomic mass is 9.41. The number of ketones is 1. The highest BCUT2D eigenvalue weighted by Gasteiger charge is 2.65. The van der Waals surface area contributed by atoms with E-state index in [-0.39, 0.29) is 5.41 Å². The molecule has 1 heteroatoms. The van der Waals surface area contributed by atoms with Crippen molar-refractivity contribution in [2.24, 2.45) is 34.0 Å². The van der Waals surface area contributed by atoms with Gasteiger partial charge in [-0.3, -0.25) is 4.79 Å². The minimum Gasteiger partial charge on any atom is -0.299 e. The molecule has 0 N–H and O–H groups in total. The summed E-state index contributed by atoms with van der Waals surface area (Å²) in [6.45, 7) is 11.7. The molecule has 0 aromatic heterocycles. The molecule has 2 bridgehead atoms. The second-order valence-corrected chi connectivity index (χ2v) is 9.64. The zero-order valence-corrected chi connectivity index (χ0v) is 14.0. The molecular weight excluding hydrogens is 256 g/mol. The van der Waals surface area contributed by atoms with Crippen LogP contribution in [0, 0.1) is 34.0 Å². The van der Waals surface area contributed by atoms with E-state index in [4.69, 9.17) is 0 Å². The first-order chi connectivity index (χ1) is 9.79. The smallest absolute Gasteiger partial charge is 0.137 e. The van der Waals surface area contributed by atoms with Crippen molar-refractivity contribution in [1.29, 1.82) is 0 Å². The summed E-state index contributed by atoms with van der Waals surface area (Å²) >= 11 is 0. The molecule has 0 aliphatic heterocycles. The van der Waals surface area contributed by atoms with Crippen LogP contribution in [0.5, 0.6) is 0 Å². The second kappa shape index (κ2) is 4.03. The molecular formula is C20H30O. The topological polar surface area (TPSA) is 17.1 Å². The highest BCUT2D eigenvalue weighted by Crippen LogP contribution is 2.71. The van der Waals surface area contributed by atoms with Crippen molar-refractivity contribution in [2.45, 2.75) is 72.1 Å². The summed E-state index contributed by atoms with van der Waals surface area (Å²) in [6.07, 6.45) is 9.77. The third kappa shape index (κ3) is 1.67. The van der Waals surface area contributed by atoms with Crippen LogP contribution in [-0.2, 0) is 4.79 Å². The monoisotopic (exact) mass is 286 g/mol. The molecule has 4 saturated carbocycles. The molecule has 4 rings (SSSR count). The molecule has 1 spiro atoms. The van der Waals surface area contributed by atoms with Gasteiger partial charge in [0.1, 0.15) is 5.78 Å². The Labute approximate surface area is 129 Å². The fourth-order valence-electron chi connectivity index (χ4n) is 7.51. The fraction of sp³-hybridized carbons (Fsp3) is 0.850. The molecule has 0 aromatic carbocycles. The molecule has 0 radical (unpaired) electrons. The average molecular weight is 286 g/mol. The predicted octanol–water partition coefficient (Wildman–Crippen LogP) is 5.15. The molecule has 0 saturated heterocycles. The molecule has 0 aromatic rings. The Balaban J connectivity index is 1.80. The van der Waals surface area contributed by atoms with E-state index in [1.165, 1.54) is 44.1 Å². The molecule has 21 heavy (non-hydrogen) atoms. The summed E-state index contributed by atoms with van der Waals surface area (Å²) in [5.74, 6) is 2.18. The summed E-state index contributed by atoms with van der Waals surface area (Å²) < 4.78 is 0. The SMILES string of the molecule is C=C1CC23CCC4C(C)(C)CCCC4(C)C2C(=O)CC1C3. The van der Waals surface area contributed by atoms with E-state index in [0.717, 1.165) is 18.8 Å². The summed E-state index contributed by atoms with van der Waals surface area (Å²) in [6, 6.07) is 0. The first kappa shape index (κ1) is 14.0. The van der Waals surface area contributed by atoms with Crippen LogP contribution in [0.25, 0.3) is 0 Å². The Hall–Kier alpha value is -0.590. The van der Waals surface area contributed by atoms with Crippen LogP contribution in [0.2, 0.25) is 0 Å². The highest BCUT2D eigenvalue weighted by atomic mass is 16.1. The van der Waals surface area contributed by atoms with Crippen LogP contribution < -0.4 is 0 Å². The molecule has 5 atom stereocenters. The van der Waals surface area contributed by atoms with Crippen LogP contribution >= 0.6 is 0 Å². The molecule has 4 aliphatic rings. The van der Waals surface area contributed by atoms with Gasteiger partial charge in [0.25, 0.3) is 0 Å². The largest absolute Gasteiger partial charge is 0.299 e. The van der Waals surface area contributed by atoms with Crippen LogP contribution in [0.3, 0.4) is 0 Å². The third-order valence-electron chi connectivity index (χ3n) is 8.06. The van der Waals surface area contributed by atoms with Crippen molar-refractivity contribution in [1.82, 2.24) is 0 Å². The molecule has 116 valence electrons. The summed E-state index contributed by atoms with van der Waals surface area (Å²) in [4.78, 5) is 13.1. The van der Waals surface area contributed by atoms with Crippen LogP contribution in [0.4, 0.5) is 0 Å². The van der Waals surface area contributed by atoms with E-state index in [1.54, 1.807) is 0 Å². The van der Waals surface area contributed by atoms with E-state index in [0.29, 0.717) is 28.4 Å². The minimum atomic E-state index is 0.257. The minimum absolute atomic E-state index is 0.257. The van der Waals surface area contributed by atoms with Crippen molar-refractivity contribution in [3.63, 3.8) is 0 Å². The van der Waals surface area contributed by atoms with Gasteiger partial charge in [-0.25, -0.2) is 0 Å². The lowest BCUT2D eigenvalue weighted by Crippen LogP contribution is -2.58.